The summed E-state index contributed by atoms with van der Waals surface area (Å²) in [6.45, 7) is 2.05. The van der Waals surface area contributed by atoms with Crippen molar-refractivity contribution in [2.45, 2.75) is 31.1 Å². The van der Waals surface area contributed by atoms with Crippen molar-refractivity contribution in [3.05, 3.63) is 0 Å². The highest BCUT2D eigenvalue weighted by atomic mass is 28.1. The van der Waals surface area contributed by atoms with Crippen LogP contribution in [-0.2, 0) is 0 Å². The third-order valence-corrected chi connectivity index (χ3v) is 2.61. The minimum Gasteiger partial charge on any atom is -0.328 e. The highest BCUT2D eigenvalue weighted by molar-refractivity contribution is 6.12. The molecule has 0 heterocycles. The van der Waals surface area contributed by atoms with Crippen LogP contribution >= 0.6 is 0 Å². The first-order valence-electron chi connectivity index (χ1n) is 3.34. The van der Waals surface area contributed by atoms with E-state index in [1.54, 1.807) is 0 Å². The monoisotopic (exact) mass is 147 g/mol. The normalized spacial score (nSPS) is 16.0. The van der Waals surface area contributed by atoms with E-state index in [0.717, 1.165) is 23.1 Å². The zero-order valence-electron chi connectivity index (χ0n) is 6.22. The fourth-order valence-electron chi connectivity index (χ4n) is 0.661. The van der Waals surface area contributed by atoms with Crippen molar-refractivity contribution >= 4 is 10.2 Å². The van der Waals surface area contributed by atoms with E-state index in [0.29, 0.717) is 0 Å². The van der Waals surface area contributed by atoms with Gasteiger partial charge in [-0.3, -0.25) is 0 Å². The van der Waals surface area contributed by atoms with Crippen molar-refractivity contribution in [2.75, 3.05) is 0 Å². The van der Waals surface area contributed by atoms with E-state index in [2.05, 4.69) is 6.92 Å². The Bertz CT molecular complexity index is 82.3. The summed E-state index contributed by atoms with van der Waals surface area (Å²) < 4.78 is 0. The summed E-state index contributed by atoms with van der Waals surface area (Å²) in [5.74, 6) is 0. The molecule has 4 heteroatoms. The molecule has 0 rings (SSSR count). The largest absolute Gasteiger partial charge is 0.328 e. The second-order valence-corrected chi connectivity index (χ2v) is 3.90. The first kappa shape index (κ1) is 9.10. The average molecular weight is 147 g/mol. The highest BCUT2D eigenvalue weighted by Crippen LogP contribution is 2.02. The predicted molar refractivity (Wildman–Crippen MR) is 43.9 cm³/mol. The Hall–Kier alpha value is 0.0969. The second-order valence-electron chi connectivity index (χ2n) is 2.65. The molecule has 9 heavy (non-hydrogen) atoms. The highest BCUT2D eigenvalue weighted by Gasteiger charge is 2.21. The summed E-state index contributed by atoms with van der Waals surface area (Å²) in [5, 5.41) is 0. The molecule has 0 spiro atoms. The molecule has 0 aromatic carbocycles. The van der Waals surface area contributed by atoms with Crippen molar-refractivity contribution in [3.8, 4) is 0 Å². The lowest BCUT2D eigenvalue weighted by Crippen LogP contribution is -2.62. The van der Waals surface area contributed by atoms with Gasteiger partial charge in [0.15, 0.2) is 0 Å². The SMILES string of the molecule is CCCC(N)(N)C(N)[SiH3]. The molecule has 0 bridgehead atoms. The average Bonchev–Trinajstić information content (AvgIpc) is 1.65. The second kappa shape index (κ2) is 3.31. The standard InChI is InChI=1S/C5H17N3Si/c1-2-3-5(7,8)4(6)9/h4H,2-3,6-8H2,1,9H3. The lowest BCUT2D eigenvalue weighted by molar-refractivity contribution is 0.388. The van der Waals surface area contributed by atoms with Gasteiger partial charge in [0.05, 0.1) is 5.66 Å². The van der Waals surface area contributed by atoms with Gasteiger partial charge in [-0.1, -0.05) is 13.3 Å². The summed E-state index contributed by atoms with van der Waals surface area (Å²) in [6, 6.07) is 0. The van der Waals surface area contributed by atoms with E-state index in [-0.39, 0.29) is 5.67 Å². The van der Waals surface area contributed by atoms with E-state index in [9.17, 15) is 0 Å². The Morgan fingerprint density at radius 2 is 2.00 bits per heavy atom. The van der Waals surface area contributed by atoms with Crippen LogP contribution in [0.25, 0.3) is 0 Å². The molecule has 1 unspecified atom stereocenters. The lowest BCUT2D eigenvalue weighted by atomic mass is 10.1. The fourth-order valence-corrected chi connectivity index (χ4v) is 0.949. The fraction of sp³-hybridized carbons (Fsp3) is 1.00. The van der Waals surface area contributed by atoms with Crippen LogP contribution in [0.2, 0.25) is 0 Å². The number of rotatable bonds is 3. The molecule has 3 nitrogen and oxygen atoms in total. The van der Waals surface area contributed by atoms with E-state index in [1.807, 2.05) is 0 Å². The van der Waals surface area contributed by atoms with E-state index in [1.165, 1.54) is 0 Å². The molecule has 0 aromatic rings. The summed E-state index contributed by atoms with van der Waals surface area (Å²) in [7, 11) is 0.869. The van der Waals surface area contributed by atoms with Crippen LogP contribution < -0.4 is 17.2 Å². The Morgan fingerprint density at radius 3 is 2.11 bits per heavy atom. The van der Waals surface area contributed by atoms with Crippen LogP contribution in [0.5, 0.6) is 0 Å². The Balaban J connectivity index is 3.70. The number of hydrogen-bond acceptors (Lipinski definition) is 3. The van der Waals surface area contributed by atoms with E-state index >= 15 is 0 Å². The molecular formula is C5H17N3Si. The molecule has 0 aliphatic rings. The van der Waals surface area contributed by atoms with Gasteiger partial charge in [0, 0.05) is 15.9 Å². The van der Waals surface area contributed by atoms with Gasteiger partial charge in [0.1, 0.15) is 0 Å². The zero-order chi connectivity index (χ0) is 7.49. The summed E-state index contributed by atoms with van der Waals surface area (Å²) in [6.07, 6.45) is 1.82. The maximum atomic E-state index is 5.66. The third kappa shape index (κ3) is 2.95. The third-order valence-electron chi connectivity index (χ3n) is 1.53. The van der Waals surface area contributed by atoms with Crippen LogP contribution in [-0.4, -0.2) is 21.6 Å². The molecule has 0 aromatic heterocycles. The first-order chi connectivity index (χ1) is 4.00. The topological polar surface area (TPSA) is 78.1 Å². The molecule has 0 saturated carbocycles. The molecule has 0 aliphatic heterocycles. The van der Waals surface area contributed by atoms with Gasteiger partial charge < -0.3 is 17.2 Å². The van der Waals surface area contributed by atoms with Crippen LogP contribution in [0, 0.1) is 0 Å². The molecule has 56 valence electrons. The number of nitrogens with two attached hydrogens (primary N) is 3. The maximum Gasteiger partial charge on any atom is 0.0754 e. The lowest BCUT2D eigenvalue weighted by Gasteiger charge is -2.28. The molecule has 0 saturated heterocycles. The van der Waals surface area contributed by atoms with Gasteiger partial charge in [-0.2, -0.15) is 0 Å². The van der Waals surface area contributed by atoms with Crippen LogP contribution in [0.15, 0.2) is 0 Å². The molecule has 0 amide bonds. The van der Waals surface area contributed by atoms with Gasteiger partial charge in [-0.05, 0) is 6.42 Å². The van der Waals surface area contributed by atoms with Gasteiger partial charge in [0.2, 0.25) is 0 Å². The zero-order valence-corrected chi connectivity index (χ0v) is 8.22. The summed E-state index contributed by atoms with van der Waals surface area (Å²) in [4.78, 5) is 0. The van der Waals surface area contributed by atoms with Gasteiger partial charge in [-0.15, -0.1) is 0 Å². The van der Waals surface area contributed by atoms with E-state index < -0.39 is 5.66 Å². The van der Waals surface area contributed by atoms with Crippen molar-refractivity contribution in [1.82, 2.24) is 0 Å². The Kier molecular flexibility index (Phi) is 3.35. The number of hydrogen-bond donors (Lipinski definition) is 3. The van der Waals surface area contributed by atoms with Gasteiger partial charge >= 0.3 is 0 Å². The smallest absolute Gasteiger partial charge is 0.0754 e. The van der Waals surface area contributed by atoms with Crippen molar-refractivity contribution in [2.24, 2.45) is 17.2 Å². The van der Waals surface area contributed by atoms with Crippen LogP contribution in [0.4, 0.5) is 0 Å². The maximum absolute atomic E-state index is 5.66. The van der Waals surface area contributed by atoms with Crippen LogP contribution in [0.1, 0.15) is 19.8 Å². The van der Waals surface area contributed by atoms with Crippen molar-refractivity contribution in [3.63, 3.8) is 0 Å². The molecule has 1 atom stereocenters. The first-order valence-corrected chi connectivity index (χ1v) is 4.49. The molecule has 0 radical (unpaired) electrons. The van der Waals surface area contributed by atoms with Crippen LogP contribution in [0.3, 0.4) is 0 Å². The van der Waals surface area contributed by atoms with Crippen molar-refractivity contribution < 1.29 is 0 Å². The molecule has 0 fully saturated rings. The molecular weight excluding hydrogens is 130 g/mol. The molecule has 0 aliphatic carbocycles. The minimum absolute atomic E-state index is 0.0115. The summed E-state index contributed by atoms with van der Waals surface area (Å²) in [5.41, 5.74) is 16.3. The van der Waals surface area contributed by atoms with E-state index in [4.69, 9.17) is 17.2 Å². The Morgan fingerprint density at radius 1 is 1.56 bits per heavy atom. The van der Waals surface area contributed by atoms with Gasteiger partial charge in [0.25, 0.3) is 0 Å². The predicted octanol–water partition coefficient (Wildman–Crippen LogP) is -1.95. The Labute approximate surface area is 59.4 Å². The van der Waals surface area contributed by atoms with Gasteiger partial charge in [-0.25, -0.2) is 0 Å². The molecule has 6 N–H and O–H groups in total. The van der Waals surface area contributed by atoms with Crippen molar-refractivity contribution in [1.29, 1.82) is 0 Å². The summed E-state index contributed by atoms with van der Waals surface area (Å²) >= 11 is 0. The quantitative estimate of drug-likeness (QED) is 0.321. The minimum atomic E-state index is -0.610.